The topological polar surface area (TPSA) is 75.7 Å². The van der Waals surface area contributed by atoms with Crippen LogP contribution in [0.2, 0.25) is 0 Å². The van der Waals surface area contributed by atoms with E-state index in [1.54, 1.807) is 0 Å². The largest absolute Gasteiger partial charge is 0.468 e. The lowest BCUT2D eigenvalue weighted by atomic mass is 10.1. The molecule has 0 radical (unpaired) electrons. The number of carbonyl (C=O) groups excluding carboxylic acids is 3. The van der Waals surface area contributed by atoms with Gasteiger partial charge in [-0.05, 0) is 12.8 Å². The quantitative estimate of drug-likeness (QED) is 0.556. The molecule has 6 nitrogen and oxygen atoms in total. The number of amides is 2. The Kier molecular flexibility index (Phi) is 3.96. The highest BCUT2D eigenvalue weighted by Crippen LogP contribution is 2.27. The van der Waals surface area contributed by atoms with Gasteiger partial charge >= 0.3 is 5.97 Å². The summed E-state index contributed by atoms with van der Waals surface area (Å²) in [7, 11) is 1.33. The first-order valence-electron chi connectivity index (χ1n) is 6.28. The molecule has 2 rings (SSSR count). The van der Waals surface area contributed by atoms with Crippen molar-refractivity contribution in [2.75, 3.05) is 13.7 Å². The van der Waals surface area contributed by atoms with Gasteiger partial charge in [-0.25, -0.2) is 0 Å². The normalized spacial score (nSPS) is 24.7. The second-order valence-electron chi connectivity index (χ2n) is 4.82. The Hall–Kier alpha value is -1.43. The van der Waals surface area contributed by atoms with Gasteiger partial charge in [0.15, 0.2) is 0 Å². The molecule has 1 aliphatic carbocycles. The van der Waals surface area contributed by atoms with Crippen molar-refractivity contribution >= 4 is 17.8 Å². The lowest BCUT2D eigenvalue weighted by Crippen LogP contribution is -2.48. The molecule has 1 saturated carbocycles. The third-order valence-corrected chi connectivity index (χ3v) is 3.68. The molecular formula is C12H18N2O4. The van der Waals surface area contributed by atoms with Gasteiger partial charge < -0.3 is 4.74 Å². The zero-order valence-electron chi connectivity index (χ0n) is 10.5. The van der Waals surface area contributed by atoms with Crippen molar-refractivity contribution < 1.29 is 19.1 Å². The van der Waals surface area contributed by atoms with Crippen molar-refractivity contribution in [1.82, 2.24) is 10.2 Å². The number of rotatable bonds is 4. The summed E-state index contributed by atoms with van der Waals surface area (Å²) in [6.45, 7) is 0.0759. The number of carbonyl (C=O) groups is 3. The number of ether oxygens (including phenoxy) is 1. The number of imide groups is 1. The first-order valence-corrected chi connectivity index (χ1v) is 6.28. The van der Waals surface area contributed by atoms with E-state index in [2.05, 4.69) is 10.1 Å². The molecule has 0 aromatic heterocycles. The molecule has 1 atom stereocenters. The van der Waals surface area contributed by atoms with Gasteiger partial charge in [-0.1, -0.05) is 12.8 Å². The second-order valence-corrected chi connectivity index (χ2v) is 4.82. The van der Waals surface area contributed by atoms with Crippen molar-refractivity contribution in [2.24, 2.45) is 0 Å². The summed E-state index contributed by atoms with van der Waals surface area (Å²) < 4.78 is 4.66. The maximum absolute atomic E-state index is 11.7. The zero-order chi connectivity index (χ0) is 13.1. The van der Waals surface area contributed by atoms with E-state index in [1.165, 1.54) is 7.11 Å². The summed E-state index contributed by atoms with van der Waals surface area (Å²) in [4.78, 5) is 36.3. The molecule has 0 aromatic carbocycles. The molecule has 100 valence electrons. The summed E-state index contributed by atoms with van der Waals surface area (Å²) in [5.41, 5.74) is 0. The molecule has 6 heteroatoms. The van der Waals surface area contributed by atoms with Crippen molar-refractivity contribution in [3.63, 3.8) is 0 Å². The summed E-state index contributed by atoms with van der Waals surface area (Å²) in [6, 6.07) is -0.314. The molecule has 1 N–H and O–H groups in total. The van der Waals surface area contributed by atoms with Crippen LogP contribution in [0.4, 0.5) is 0 Å². The minimum atomic E-state index is -0.514. The fourth-order valence-electron chi connectivity index (χ4n) is 2.75. The summed E-state index contributed by atoms with van der Waals surface area (Å²) in [6.07, 6.45) is 4.28. The molecule has 0 bridgehead atoms. The SMILES string of the molecule is COC(=O)CN(C1CCCC1)C1CC(=O)NC1=O. The molecule has 1 aliphatic heterocycles. The molecule has 0 aromatic rings. The van der Waals surface area contributed by atoms with Gasteiger partial charge in [-0.15, -0.1) is 0 Å². The number of nitrogens with one attached hydrogen (secondary N) is 1. The van der Waals surface area contributed by atoms with Gasteiger partial charge in [0.05, 0.1) is 26.1 Å². The third kappa shape index (κ3) is 2.69. The molecular weight excluding hydrogens is 236 g/mol. The number of hydrogen-bond acceptors (Lipinski definition) is 5. The Morgan fingerprint density at radius 3 is 2.56 bits per heavy atom. The third-order valence-electron chi connectivity index (χ3n) is 3.68. The Morgan fingerprint density at radius 2 is 2.06 bits per heavy atom. The van der Waals surface area contributed by atoms with E-state index < -0.39 is 6.04 Å². The predicted molar refractivity (Wildman–Crippen MR) is 62.5 cm³/mol. The van der Waals surface area contributed by atoms with Crippen molar-refractivity contribution in [3.8, 4) is 0 Å². The van der Waals surface area contributed by atoms with Crippen LogP contribution in [0.5, 0.6) is 0 Å². The van der Waals surface area contributed by atoms with Crippen molar-refractivity contribution in [3.05, 3.63) is 0 Å². The van der Waals surface area contributed by atoms with Crippen LogP contribution in [0.15, 0.2) is 0 Å². The van der Waals surface area contributed by atoms with Crippen LogP contribution in [0, 0.1) is 0 Å². The zero-order valence-corrected chi connectivity index (χ0v) is 10.5. The van der Waals surface area contributed by atoms with Crippen LogP contribution in [0.3, 0.4) is 0 Å². The Balaban J connectivity index is 2.10. The van der Waals surface area contributed by atoms with Crippen molar-refractivity contribution in [2.45, 2.75) is 44.2 Å². The van der Waals surface area contributed by atoms with Gasteiger partial charge in [0, 0.05) is 6.04 Å². The molecule has 1 unspecified atom stereocenters. The Labute approximate surface area is 106 Å². The lowest BCUT2D eigenvalue weighted by Gasteiger charge is -2.31. The van der Waals surface area contributed by atoms with E-state index in [0.29, 0.717) is 0 Å². The van der Waals surface area contributed by atoms with Gasteiger partial charge in [-0.3, -0.25) is 24.6 Å². The Morgan fingerprint density at radius 1 is 1.39 bits per heavy atom. The van der Waals surface area contributed by atoms with E-state index >= 15 is 0 Å². The van der Waals surface area contributed by atoms with E-state index in [0.717, 1.165) is 25.7 Å². The van der Waals surface area contributed by atoms with E-state index in [1.807, 2.05) is 4.90 Å². The molecule has 18 heavy (non-hydrogen) atoms. The summed E-state index contributed by atoms with van der Waals surface area (Å²) >= 11 is 0. The molecule has 1 saturated heterocycles. The molecule has 0 spiro atoms. The lowest BCUT2D eigenvalue weighted by molar-refractivity contribution is -0.144. The number of hydrogen-bond donors (Lipinski definition) is 1. The number of nitrogens with zero attached hydrogens (tertiary/aromatic N) is 1. The first kappa shape index (κ1) is 13.0. The van der Waals surface area contributed by atoms with E-state index in [4.69, 9.17) is 0 Å². The molecule has 2 fully saturated rings. The molecule has 2 aliphatic rings. The van der Waals surface area contributed by atoms with Gasteiger partial charge in [0.25, 0.3) is 0 Å². The smallest absolute Gasteiger partial charge is 0.319 e. The number of methoxy groups -OCH3 is 1. The minimum Gasteiger partial charge on any atom is -0.468 e. The van der Waals surface area contributed by atoms with Crippen LogP contribution < -0.4 is 5.32 Å². The second kappa shape index (κ2) is 5.48. The highest BCUT2D eigenvalue weighted by atomic mass is 16.5. The van der Waals surface area contributed by atoms with Crippen LogP contribution in [-0.4, -0.2) is 48.4 Å². The monoisotopic (exact) mass is 254 g/mol. The van der Waals surface area contributed by atoms with Crippen LogP contribution in [0.1, 0.15) is 32.1 Å². The maximum atomic E-state index is 11.7. The summed E-state index contributed by atoms with van der Waals surface area (Å²) in [5.74, 6) is -0.928. The van der Waals surface area contributed by atoms with Gasteiger partial charge in [-0.2, -0.15) is 0 Å². The highest BCUT2D eigenvalue weighted by molar-refractivity contribution is 6.05. The number of esters is 1. The fraction of sp³-hybridized carbons (Fsp3) is 0.750. The fourth-order valence-corrected chi connectivity index (χ4v) is 2.75. The first-order chi connectivity index (χ1) is 8.61. The average molecular weight is 254 g/mol. The van der Waals surface area contributed by atoms with E-state index in [9.17, 15) is 14.4 Å². The molecule has 1 heterocycles. The standard InChI is InChI=1S/C12H18N2O4/c1-18-11(16)7-14(8-4-2-3-5-8)9-6-10(15)13-12(9)17/h8-9H,2-7H2,1H3,(H,13,15,17). The van der Waals surface area contributed by atoms with Crippen LogP contribution in [-0.2, 0) is 19.1 Å². The maximum Gasteiger partial charge on any atom is 0.319 e. The summed E-state index contributed by atoms with van der Waals surface area (Å²) in [5, 5.41) is 2.29. The highest BCUT2D eigenvalue weighted by Gasteiger charge is 2.40. The average Bonchev–Trinajstić information content (AvgIpc) is 2.95. The molecule has 2 amide bonds. The predicted octanol–water partition coefficient (Wildman–Crippen LogP) is -0.181. The van der Waals surface area contributed by atoms with Gasteiger partial charge in [0.1, 0.15) is 0 Å². The van der Waals surface area contributed by atoms with E-state index in [-0.39, 0.29) is 36.8 Å². The van der Waals surface area contributed by atoms with Crippen molar-refractivity contribution in [1.29, 1.82) is 0 Å². The van der Waals surface area contributed by atoms with Crippen LogP contribution >= 0.6 is 0 Å². The van der Waals surface area contributed by atoms with Gasteiger partial charge in [0.2, 0.25) is 11.8 Å². The minimum absolute atomic E-state index is 0.0759. The Bertz CT molecular complexity index is 363. The van der Waals surface area contributed by atoms with Crippen LogP contribution in [0.25, 0.3) is 0 Å².